The van der Waals surface area contributed by atoms with Crippen molar-refractivity contribution in [1.29, 1.82) is 0 Å². The van der Waals surface area contributed by atoms with Crippen LogP contribution in [0.25, 0.3) is 0 Å². The Labute approximate surface area is 142 Å². The molecule has 3 amide bonds. The smallest absolute Gasteiger partial charge is 0.319 e. The number of carbonyl (C=O) groups is 2. The second-order valence-electron chi connectivity index (χ2n) is 5.91. The van der Waals surface area contributed by atoms with Gasteiger partial charge in [-0.1, -0.05) is 0 Å². The average Bonchev–Trinajstić information content (AvgIpc) is 2.53. The molecular formula is C15H22N4O4S. The molecular weight excluding hydrogens is 332 g/mol. The highest BCUT2D eigenvalue weighted by Crippen LogP contribution is 2.14. The van der Waals surface area contributed by atoms with Crippen molar-refractivity contribution in [3.05, 3.63) is 29.8 Å². The van der Waals surface area contributed by atoms with Gasteiger partial charge in [0.15, 0.2) is 0 Å². The van der Waals surface area contributed by atoms with Crippen LogP contribution < -0.4 is 4.72 Å². The zero-order chi connectivity index (χ0) is 17.9. The summed E-state index contributed by atoms with van der Waals surface area (Å²) in [6, 6.07) is 6.24. The molecule has 0 saturated carbocycles. The monoisotopic (exact) mass is 354 g/mol. The SMILES string of the molecule is CN(C)C(=O)N1CCN(C(=O)c2ccc(NS(C)(=O)=O)cc2)CC1. The number of nitrogens with zero attached hydrogens (tertiary/aromatic N) is 3. The summed E-state index contributed by atoms with van der Waals surface area (Å²) in [7, 11) is 0.0618. The molecule has 0 unspecified atom stereocenters. The van der Waals surface area contributed by atoms with Gasteiger partial charge in [-0.3, -0.25) is 9.52 Å². The highest BCUT2D eigenvalue weighted by molar-refractivity contribution is 7.92. The summed E-state index contributed by atoms with van der Waals surface area (Å²) in [4.78, 5) is 29.3. The fraction of sp³-hybridized carbons (Fsp3) is 0.467. The number of rotatable bonds is 3. The molecule has 1 saturated heterocycles. The first kappa shape index (κ1) is 18.1. The van der Waals surface area contributed by atoms with E-state index >= 15 is 0 Å². The quantitative estimate of drug-likeness (QED) is 0.856. The molecule has 0 radical (unpaired) electrons. The van der Waals surface area contributed by atoms with Crippen LogP contribution >= 0.6 is 0 Å². The van der Waals surface area contributed by atoms with Gasteiger partial charge in [-0.05, 0) is 24.3 Å². The predicted molar refractivity (Wildman–Crippen MR) is 91.5 cm³/mol. The molecule has 0 aromatic heterocycles. The van der Waals surface area contributed by atoms with Crippen molar-refractivity contribution in [2.24, 2.45) is 0 Å². The van der Waals surface area contributed by atoms with E-state index in [9.17, 15) is 18.0 Å². The van der Waals surface area contributed by atoms with E-state index in [0.29, 0.717) is 37.4 Å². The van der Waals surface area contributed by atoms with Crippen molar-refractivity contribution >= 4 is 27.6 Å². The molecule has 2 rings (SSSR count). The van der Waals surface area contributed by atoms with Gasteiger partial charge in [-0.2, -0.15) is 0 Å². The fourth-order valence-electron chi connectivity index (χ4n) is 2.46. The van der Waals surface area contributed by atoms with E-state index in [-0.39, 0.29) is 11.9 Å². The molecule has 1 fully saturated rings. The van der Waals surface area contributed by atoms with Crippen LogP contribution in [0.4, 0.5) is 10.5 Å². The largest absolute Gasteiger partial charge is 0.335 e. The lowest BCUT2D eigenvalue weighted by Crippen LogP contribution is -2.52. The Balaban J connectivity index is 1.97. The van der Waals surface area contributed by atoms with E-state index in [0.717, 1.165) is 6.26 Å². The average molecular weight is 354 g/mol. The van der Waals surface area contributed by atoms with Gasteiger partial charge >= 0.3 is 6.03 Å². The Kier molecular flexibility index (Phi) is 5.33. The molecule has 9 heteroatoms. The maximum Gasteiger partial charge on any atom is 0.319 e. The van der Waals surface area contributed by atoms with Gasteiger partial charge in [0.05, 0.1) is 6.26 Å². The van der Waals surface area contributed by atoms with Gasteiger partial charge in [0.25, 0.3) is 5.91 Å². The van der Waals surface area contributed by atoms with Crippen LogP contribution in [0.5, 0.6) is 0 Å². The number of carbonyl (C=O) groups excluding carboxylic acids is 2. The van der Waals surface area contributed by atoms with Crippen LogP contribution in [-0.2, 0) is 10.0 Å². The normalized spacial score (nSPS) is 15.1. The zero-order valence-corrected chi connectivity index (χ0v) is 14.8. The zero-order valence-electron chi connectivity index (χ0n) is 14.0. The van der Waals surface area contributed by atoms with Crippen molar-refractivity contribution in [3.8, 4) is 0 Å². The fourth-order valence-corrected chi connectivity index (χ4v) is 3.03. The van der Waals surface area contributed by atoms with Crippen molar-refractivity contribution in [1.82, 2.24) is 14.7 Å². The minimum Gasteiger partial charge on any atom is -0.335 e. The van der Waals surface area contributed by atoms with Crippen LogP contribution in [0.15, 0.2) is 24.3 Å². The molecule has 1 aromatic rings. The Bertz CT molecular complexity index is 707. The molecule has 1 aromatic carbocycles. The molecule has 24 heavy (non-hydrogen) atoms. The highest BCUT2D eigenvalue weighted by atomic mass is 32.2. The van der Waals surface area contributed by atoms with Crippen molar-refractivity contribution in [3.63, 3.8) is 0 Å². The third-order valence-electron chi connectivity index (χ3n) is 3.66. The maximum absolute atomic E-state index is 12.5. The van der Waals surface area contributed by atoms with E-state index in [4.69, 9.17) is 0 Å². The van der Waals surface area contributed by atoms with Crippen molar-refractivity contribution in [2.45, 2.75) is 0 Å². The van der Waals surface area contributed by atoms with Crippen LogP contribution in [0.1, 0.15) is 10.4 Å². The van der Waals surface area contributed by atoms with Gasteiger partial charge in [0.2, 0.25) is 10.0 Å². The molecule has 1 N–H and O–H groups in total. The summed E-state index contributed by atoms with van der Waals surface area (Å²) < 4.78 is 24.7. The summed E-state index contributed by atoms with van der Waals surface area (Å²) in [6.07, 6.45) is 1.07. The van der Waals surface area contributed by atoms with Gasteiger partial charge in [0.1, 0.15) is 0 Å². The Morgan fingerprint density at radius 1 is 1.00 bits per heavy atom. The molecule has 1 heterocycles. The standard InChI is InChI=1S/C15H22N4O4S/c1-17(2)15(21)19-10-8-18(9-11-19)14(20)12-4-6-13(7-5-12)16-24(3,22)23/h4-7,16H,8-11H2,1-3H3. The van der Waals surface area contributed by atoms with E-state index in [1.807, 2.05) is 0 Å². The molecule has 1 aliphatic heterocycles. The van der Waals surface area contributed by atoms with E-state index in [1.54, 1.807) is 48.2 Å². The molecule has 8 nitrogen and oxygen atoms in total. The number of urea groups is 1. The first-order valence-corrected chi connectivity index (χ1v) is 9.40. The number of amides is 3. The van der Waals surface area contributed by atoms with Crippen molar-refractivity contribution < 1.29 is 18.0 Å². The second kappa shape index (κ2) is 7.08. The summed E-state index contributed by atoms with van der Waals surface area (Å²) in [5, 5.41) is 0. The van der Waals surface area contributed by atoms with Gasteiger partial charge in [-0.25, -0.2) is 13.2 Å². The molecule has 132 valence electrons. The predicted octanol–water partition coefficient (Wildman–Crippen LogP) is 0.497. The van der Waals surface area contributed by atoms with Gasteiger partial charge < -0.3 is 14.7 Å². The Morgan fingerprint density at radius 3 is 1.96 bits per heavy atom. The number of sulfonamides is 1. The second-order valence-corrected chi connectivity index (χ2v) is 7.66. The highest BCUT2D eigenvalue weighted by Gasteiger charge is 2.25. The van der Waals surface area contributed by atoms with Crippen LogP contribution in [-0.4, -0.2) is 81.6 Å². The minimum atomic E-state index is -3.34. The molecule has 0 bridgehead atoms. The van der Waals surface area contributed by atoms with Gasteiger partial charge in [-0.15, -0.1) is 0 Å². The minimum absolute atomic E-state index is 0.0571. The Hall–Kier alpha value is -2.29. The third kappa shape index (κ3) is 4.60. The van der Waals surface area contributed by atoms with Crippen LogP contribution in [0, 0.1) is 0 Å². The first-order chi connectivity index (χ1) is 11.2. The van der Waals surface area contributed by atoms with E-state index < -0.39 is 10.0 Å². The molecule has 0 atom stereocenters. The molecule has 0 spiro atoms. The number of piperazine rings is 1. The lowest BCUT2D eigenvalue weighted by molar-refractivity contribution is 0.0650. The lowest BCUT2D eigenvalue weighted by atomic mass is 10.1. The maximum atomic E-state index is 12.5. The van der Waals surface area contributed by atoms with Crippen molar-refractivity contribution in [2.75, 3.05) is 51.3 Å². The lowest BCUT2D eigenvalue weighted by Gasteiger charge is -2.36. The molecule has 0 aliphatic carbocycles. The molecule has 1 aliphatic rings. The van der Waals surface area contributed by atoms with Gasteiger partial charge in [0, 0.05) is 51.5 Å². The van der Waals surface area contributed by atoms with E-state index in [2.05, 4.69) is 4.72 Å². The first-order valence-electron chi connectivity index (χ1n) is 7.51. The Morgan fingerprint density at radius 2 is 1.50 bits per heavy atom. The van der Waals surface area contributed by atoms with Crippen LogP contribution in [0.2, 0.25) is 0 Å². The number of hydrogen-bond donors (Lipinski definition) is 1. The van der Waals surface area contributed by atoms with Crippen LogP contribution in [0.3, 0.4) is 0 Å². The third-order valence-corrected chi connectivity index (χ3v) is 4.26. The number of nitrogens with one attached hydrogen (secondary N) is 1. The number of benzene rings is 1. The number of anilines is 1. The summed E-state index contributed by atoms with van der Waals surface area (Å²) >= 11 is 0. The summed E-state index contributed by atoms with van der Waals surface area (Å²) in [5.41, 5.74) is 0.900. The summed E-state index contributed by atoms with van der Waals surface area (Å²) in [5.74, 6) is -0.127. The topological polar surface area (TPSA) is 90.0 Å². The van der Waals surface area contributed by atoms with E-state index in [1.165, 1.54) is 4.90 Å². The number of hydrogen-bond acceptors (Lipinski definition) is 4. The summed E-state index contributed by atoms with van der Waals surface area (Å²) in [6.45, 7) is 1.94.